The number of rotatable bonds is 5. The summed E-state index contributed by atoms with van der Waals surface area (Å²) in [7, 11) is 2.16. The minimum Gasteiger partial charge on any atom is -0.375 e. The SMILES string of the molecule is CN(CCOC(C)(C)C)CC1CC(Cl)C1. The predicted octanol–water partition coefficient (Wildman–Crippen LogP) is 2.75. The van der Waals surface area contributed by atoms with E-state index in [1.807, 2.05) is 0 Å². The summed E-state index contributed by atoms with van der Waals surface area (Å²) in [6.07, 6.45) is 2.37. The molecular weight excluding hydrogens is 210 g/mol. The van der Waals surface area contributed by atoms with E-state index in [1.165, 1.54) is 12.8 Å². The van der Waals surface area contributed by atoms with Crippen LogP contribution in [-0.4, -0.2) is 42.6 Å². The standard InChI is InChI=1S/C12H24ClNO/c1-12(2,3)15-6-5-14(4)9-10-7-11(13)8-10/h10-11H,5-9H2,1-4H3. The van der Waals surface area contributed by atoms with Crippen LogP contribution in [0.25, 0.3) is 0 Å². The molecule has 0 unspecified atom stereocenters. The second-order valence-electron chi connectivity index (χ2n) is 5.66. The highest BCUT2D eigenvalue weighted by Gasteiger charge is 2.27. The van der Waals surface area contributed by atoms with Gasteiger partial charge in [0.2, 0.25) is 0 Å². The Balaban J connectivity index is 2.01. The Kier molecular flexibility index (Phi) is 4.88. The Hall–Kier alpha value is 0.210. The average Bonchev–Trinajstić information content (AvgIpc) is 1.98. The molecule has 15 heavy (non-hydrogen) atoms. The largest absolute Gasteiger partial charge is 0.375 e. The first-order chi connectivity index (χ1) is 6.87. The lowest BCUT2D eigenvalue weighted by molar-refractivity contribution is -0.0127. The molecule has 1 fully saturated rings. The topological polar surface area (TPSA) is 12.5 Å². The van der Waals surface area contributed by atoms with Crippen LogP contribution in [0, 0.1) is 5.92 Å². The summed E-state index contributed by atoms with van der Waals surface area (Å²) in [5, 5.41) is 0.439. The highest BCUT2D eigenvalue weighted by molar-refractivity contribution is 6.21. The van der Waals surface area contributed by atoms with Crippen molar-refractivity contribution in [2.45, 2.75) is 44.6 Å². The number of alkyl halides is 1. The lowest BCUT2D eigenvalue weighted by Crippen LogP contribution is -2.37. The van der Waals surface area contributed by atoms with Gasteiger partial charge >= 0.3 is 0 Å². The van der Waals surface area contributed by atoms with Crippen molar-refractivity contribution >= 4 is 11.6 Å². The van der Waals surface area contributed by atoms with Crippen molar-refractivity contribution in [1.82, 2.24) is 4.90 Å². The minimum atomic E-state index is -0.0153. The van der Waals surface area contributed by atoms with Gasteiger partial charge in [-0.2, -0.15) is 0 Å². The molecule has 90 valence electrons. The Bertz CT molecular complexity index is 185. The molecule has 0 radical (unpaired) electrons. The van der Waals surface area contributed by atoms with Gasteiger partial charge in [-0.25, -0.2) is 0 Å². The average molecular weight is 234 g/mol. The van der Waals surface area contributed by atoms with Crippen molar-refractivity contribution in [3.05, 3.63) is 0 Å². The van der Waals surface area contributed by atoms with Gasteiger partial charge in [-0.15, -0.1) is 11.6 Å². The highest BCUT2D eigenvalue weighted by atomic mass is 35.5. The summed E-state index contributed by atoms with van der Waals surface area (Å²) < 4.78 is 5.69. The molecule has 0 heterocycles. The van der Waals surface area contributed by atoms with Gasteiger partial charge < -0.3 is 9.64 Å². The Morgan fingerprint density at radius 1 is 1.33 bits per heavy atom. The van der Waals surface area contributed by atoms with Gasteiger partial charge in [0.1, 0.15) is 0 Å². The Labute approximate surface area is 98.9 Å². The monoisotopic (exact) mass is 233 g/mol. The van der Waals surface area contributed by atoms with E-state index in [1.54, 1.807) is 0 Å². The van der Waals surface area contributed by atoms with Crippen molar-refractivity contribution in [3.63, 3.8) is 0 Å². The van der Waals surface area contributed by atoms with Gasteiger partial charge in [0.25, 0.3) is 0 Å². The molecule has 2 nitrogen and oxygen atoms in total. The van der Waals surface area contributed by atoms with Gasteiger partial charge in [0.05, 0.1) is 12.2 Å². The van der Waals surface area contributed by atoms with Crippen molar-refractivity contribution in [1.29, 1.82) is 0 Å². The van der Waals surface area contributed by atoms with Crippen LogP contribution in [0.1, 0.15) is 33.6 Å². The summed E-state index contributed by atoms with van der Waals surface area (Å²) in [5.41, 5.74) is -0.0153. The van der Waals surface area contributed by atoms with Crippen molar-refractivity contribution < 1.29 is 4.74 Å². The molecule has 0 aromatic carbocycles. The zero-order valence-corrected chi connectivity index (χ0v) is 11.2. The van der Waals surface area contributed by atoms with Crippen LogP contribution in [0.15, 0.2) is 0 Å². The molecule has 0 aromatic heterocycles. The van der Waals surface area contributed by atoms with E-state index in [0.717, 1.165) is 25.6 Å². The van der Waals surface area contributed by atoms with Gasteiger partial charge in [0.15, 0.2) is 0 Å². The molecule has 1 aliphatic rings. The van der Waals surface area contributed by atoms with Crippen LogP contribution in [-0.2, 0) is 4.74 Å². The van der Waals surface area contributed by atoms with E-state index in [0.29, 0.717) is 5.38 Å². The number of halogens is 1. The number of ether oxygens (including phenoxy) is 1. The second-order valence-corrected chi connectivity index (χ2v) is 6.28. The maximum atomic E-state index is 5.95. The molecule has 1 rings (SSSR count). The molecule has 0 spiro atoms. The zero-order chi connectivity index (χ0) is 11.5. The molecule has 1 aliphatic carbocycles. The van der Waals surface area contributed by atoms with Crippen molar-refractivity contribution in [2.24, 2.45) is 5.92 Å². The normalized spacial score (nSPS) is 26.8. The van der Waals surface area contributed by atoms with Crippen LogP contribution >= 0.6 is 11.6 Å². The Morgan fingerprint density at radius 3 is 2.40 bits per heavy atom. The fraction of sp³-hybridized carbons (Fsp3) is 1.00. The summed E-state index contributed by atoms with van der Waals surface area (Å²) in [5.74, 6) is 0.812. The van der Waals surface area contributed by atoms with E-state index in [4.69, 9.17) is 16.3 Å². The number of likely N-dealkylation sites (N-methyl/N-ethyl adjacent to an activating group) is 1. The maximum Gasteiger partial charge on any atom is 0.0600 e. The van der Waals surface area contributed by atoms with Crippen LogP contribution < -0.4 is 0 Å². The third kappa shape index (κ3) is 5.74. The third-order valence-electron chi connectivity index (χ3n) is 2.76. The van der Waals surface area contributed by atoms with Gasteiger partial charge in [-0.3, -0.25) is 0 Å². The molecule has 0 amide bonds. The smallest absolute Gasteiger partial charge is 0.0600 e. The first-order valence-corrected chi connectivity index (χ1v) is 6.27. The lowest BCUT2D eigenvalue weighted by atomic mass is 9.84. The molecule has 0 N–H and O–H groups in total. The van der Waals surface area contributed by atoms with Crippen molar-refractivity contribution in [2.75, 3.05) is 26.7 Å². The van der Waals surface area contributed by atoms with E-state index in [2.05, 4.69) is 32.7 Å². The number of hydrogen-bond donors (Lipinski definition) is 0. The lowest BCUT2D eigenvalue weighted by Gasteiger charge is -2.34. The number of nitrogens with zero attached hydrogens (tertiary/aromatic N) is 1. The van der Waals surface area contributed by atoms with Gasteiger partial charge in [0, 0.05) is 18.5 Å². The van der Waals surface area contributed by atoms with Crippen LogP contribution in [0.5, 0.6) is 0 Å². The molecule has 3 heteroatoms. The molecule has 0 aromatic rings. The van der Waals surface area contributed by atoms with Crippen molar-refractivity contribution in [3.8, 4) is 0 Å². The Morgan fingerprint density at radius 2 is 1.93 bits per heavy atom. The predicted molar refractivity (Wildman–Crippen MR) is 65.6 cm³/mol. The third-order valence-corrected chi connectivity index (χ3v) is 3.11. The fourth-order valence-corrected chi connectivity index (χ4v) is 2.35. The summed E-state index contributed by atoms with van der Waals surface area (Å²) >= 11 is 5.95. The molecule has 1 saturated carbocycles. The highest BCUT2D eigenvalue weighted by Crippen LogP contribution is 2.32. The van der Waals surface area contributed by atoms with Crippen LogP contribution in [0.2, 0.25) is 0 Å². The van der Waals surface area contributed by atoms with Gasteiger partial charge in [-0.05, 0) is 46.6 Å². The molecular formula is C12H24ClNO. The first kappa shape index (κ1) is 13.3. The van der Waals surface area contributed by atoms with Crippen LogP contribution in [0.4, 0.5) is 0 Å². The van der Waals surface area contributed by atoms with E-state index in [-0.39, 0.29) is 5.60 Å². The summed E-state index contributed by atoms with van der Waals surface area (Å²) in [6.45, 7) is 9.28. The van der Waals surface area contributed by atoms with E-state index < -0.39 is 0 Å². The fourth-order valence-electron chi connectivity index (χ4n) is 1.84. The molecule has 0 saturated heterocycles. The van der Waals surface area contributed by atoms with Gasteiger partial charge in [-0.1, -0.05) is 0 Å². The zero-order valence-electron chi connectivity index (χ0n) is 10.4. The molecule has 0 aliphatic heterocycles. The molecule has 0 bridgehead atoms. The summed E-state index contributed by atoms with van der Waals surface area (Å²) in [6, 6.07) is 0. The quantitative estimate of drug-likeness (QED) is 0.678. The minimum absolute atomic E-state index is 0.0153. The van der Waals surface area contributed by atoms with Crippen LogP contribution in [0.3, 0.4) is 0 Å². The first-order valence-electron chi connectivity index (χ1n) is 5.83. The summed E-state index contributed by atoms with van der Waals surface area (Å²) in [4.78, 5) is 2.35. The maximum absolute atomic E-state index is 5.95. The second kappa shape index (κ2) is 5.51. The molecule has 0 atom stereocenters. The van der Waals surface area contributed by atoms with E-state index >= 15 is 0 Å². The van der Waals surface area contributed by atoms with E-state index in [9.17, 15) is 0 Å². The number of hydrogen-bond acceptors (Lipinski definition) is 2.